The average Bonchev–Trinajstić information content (AvgIpc) is 2.54. The van der Waals surface area contributed by atoms with Gasteiger partial charge in [0.2, 0.25) is 0 Å². The summed E-state index contributed by atoms with van der Waals surface area (Å²) < 4.78 is 11.3. The average molecular weight is 297 g/mol. The van der Waals surface area contributed by atoms with Gasteiger partial charge >= 0.3 is 0 Å². The molecule has 3 rings (SSSR count). The third-order valence-electron chi connectivity index (χ3n) is 4.24. The number of hydrogen-bond acceptors (Lipinski definition) is 3. The maximum atomic E-state index is 5.73. The van der Waals surface area contributed by atoms with Crippen molar-refractivity contribution in [3.63, 3.8) is 0 Å². The summed E-state index contributed by atoms with van der Waals surface area (Å²) in [6.07, 6.45) is 0. The van der Waals surface area contributed by atoms with Crippen LogP contribution in [0.2, 0.25) is 0 Å². The Labute approximate surface area is 132 Å². The molecule has 1 unspecified atom stereocenters. The van der Waals surface area contributed by atoms with E-state index in [1.807, 2.05) is 6.92 Å². The van der Waals surface area contributed by atoms with Crippen LogP contribution < -0.4 is 9.47 Å². The van der Waals surface area contributed by atoms with E-state index in [0.29, 0.717) is 12.5 Å². The van der Waals surface area contributed by atoms with Crippen LogP contribution >= 0.6 is 0 Å². The van der Waals surface area contributed by atoms with E-state index in [1.165, 1.54) is 16.7 Å². The SMILES string of the molecule is CCOc1cc2c(cc1OC)C(c1ccccc1)CN(C)C2. The van der Waals surface area contributed by atoms with Crippen LogP contribution in [-0.2, 0) is 6.54 Å². The Bertz CT molecular complexity index is 639. The van der Waals surface area contributed by atoms with Crippen molar-refractivity contribution in [3.05, 3.63) is 59.2 Å². The highest BCUT2D eigenvalue weighted by Gasteiger charge is 2.26. The van der Waals surface area contributed by atoms with Crippen molar-refractivity contribution in [1.82, 2.24) is 4.90 Å². The Morgan fingerprint density at radius 2 is 1.91 bits per heavy atom. The van der Waals surface area contributed by atoms with Crippen molar-refractivity contribution in [3.8, 4) is 11.5 Å². The Balaban J connectivity index is 2.08. The fourth-order valence-corrected chi connectivity index (χ4v) is 3.24. The minimum absolute atomic E-state index is 0.375. The van der Waals surface area contributed by atoms with Gasteiger partial charge in [0, 0.05) is 19.0 Å². The first-order valence-corrected chi connectivity index (χ1v) is 7.80. The van der Waals surface area contributed by atoms with Gasteiger partial charge in [0.1, 0.15) is 0 Å². The maximum Gasteiger partial charge on any atom is 0.161 e. The van der Waals surface area contributed by atoms with E-state index >= 15 is 0 Å². The summed E-state index contributed by atoms with van der Waals surface area (Å²) in [6.45, 7) is 4.61. The highest BCUT2D eigenvalue weighted by atomic mass is 16.5. The molecule has 3 nitrogen and oxygen atoms in total. The van der Waals surface area contributed by atoms with Gasteiger partial charge in [-0.05, 0) is 42.8 Å². The van der Waals surface area contributed by atoms with Gasteiger partial charge < -0.3 is 14.4 Å². The molecule has 1 aliphatic heterocycles. The smallest absolute Gasteiger partial charge is 0.161 e. The van der Waals surface area contributed by atoms with Crippen molar-refractivity contribution in [2.75, 3.05) is 27.3 Å². The first kappa shape index (κ1) is 14.9. The van der Waals surface area contributed by atoms with Gasteiger partial charge in [-0.3, -0.25) is 0 Å². The predicted octanol–water partition coefficient (Wildman–Crippen LogP) is 3.67. The van der Waals surface area contributed by atoms with Crippen molar-refractivity contribution >= 4 is 0 Å². The normalized spacial score (nSPS) is 17.9. The molecule has 2 aromatic rings. The molecule has 2 aromatic carbocycles. The minimum Gasteiger partial charge on any atom is -0.493 e. The Kier molecular flexibility index (Phi) is 4.34. The summed E-state index contributed by atoms with van der Waals surface area (Å²) in [5.74, 6) is 2.04. The second-order valence-corrected chi connectivity index (χ2v) is 5.79. The van der Waals surface area contributed by atoms with Gasteiger partial charge in [-0.25, -0.2) is 0 Å². The fourth-order valence-electron chi connectivity index (χ4n) is 3.24. The van der Waals surface area contributed by atoms with E-state index in [0.717, 1.165) is 24.6 Å². The topological polar surface area (TPSA) is 21.7 Å². The van der Waals surface area contributed by atoms with Crippen LogP contribution in [-0.4, -0.2) is 32.2 Å². The van der Waals surface area contributed by atoms with Crippen LogP contribution in [0.3, 0.4) is 0 Å². The largest absolute Gasteiger partial charge is 0.493 e. The number of nitrogens with zero attached hydrogens (tertiary/aromatic N) is 1. The van der Waals surface area contributed by atoms with Crippen molar-refractivity contribution < 1.29 is 9.47 Å². The van der Waals surface area contributed by atoms with Gasteiger partial charge in [0.25, 0.3) is 0 Å². The number of fused-ring (bicyclic) bond motifs is 1. The quantitative estimate of drug-likeness (QED) is 0.859. The maximum absolute atomic E-state index is 5.73. The van der Waals surface area contributed by atoms with Gasteiger partial charge in [0.15, 0.2) is 11.5 Å². The van der Waals surface area contributed by atoms with Crippen LogP contribution in [0, 0.1) is 0 Å². The summed E-state index contributed by atoms with van der Waals surface area (Å²) in [6, 6.07) is 15.0. The lowest BCUT2D eigenvalue weighted by molar-refractivity contribution is 0.286. The Morgan fingerprint density at radius 1 is 1.14 bits per heavy atom. The van der Waals surface area contributed by atoms with E-state index in [1.54, 1.807) is 7.11 Å². The second-order valence-electron chi connectivity index (χ2n) is 5.79. The molecule has 0 fully saturated rings. The summed E-state index contributed by atoms with van der Waals surface area (Å²) in [5, 5.41) is 0. The first-order valence-electron chi connectivity index (χ1n) is 7.80. The van der Waals surface area contributed by atoms with Crippen molar-refractivity contribution in [2.45, 2.75) is 19.4 Å². The number of benzene rings is 2. The summed E-state index contributed by atoms with van der Waals surface area (Å²) in [5.41, 5.74) is 4.03. The van der Waals surface area contributed by atoms with Crippen LogP contribution in [0.25, 0.3) is 0 Å². The molecule has 22 heavy (non-hydrogen) atoms. The monoisotopic (exact) mass is 297 g/mol. The fraction of sp³-hybridized carbons (Fsp3) is 0.368. The highest BCUT2D eigenvalue weighted by Crippen LogP contribution is 2.39. The Morgan fingerprint density at radius 3 is 2.59 bits per heavy atom. The molecular weight excluding hydrogens is 274 g/mol. The molecule has 0 spiro atoms. The highest BCUT2D eigenvalue weighted by molar-refractivity contribution is 5.51. The summed E-state index contributed by atoms with van der Waals surface area (Å²) in [4.78, 5) is 2.36. The standard InChI is InChI=1S/C19H23NO2/c1-4-22-19-10-15-12-20(2)13-17(14-8-6-5-7-9-14)16(15)11-18(19)21-3/h5-11,17H,4,12-13H2,1-3H3. The zero-order valence-electron chi connectivity index (χ0n) is 13.5. The van der Waals surface area contributed by atoms with Gasteiger partial charge in [-0.1, -0.05) is 30.3 Å². The Hall–Kier alpha value is -2.00. The van der Waals surface area contributed by atoms with Crippen LogP contribution in [0.5, 0.6) is 11.5 Å². The van der Waals surface area contributed by atoms with Crippen LogP contribution in [0.4, 0.5) is 0 Å². The molecule has 3 heteroatoms. The number of hydrogen-bond donors (Lipinski definition) is 0. The molecule has 0 amide bonds. The first-order chi connectivity index (χ1) is 10.7. The minimum atomic E-state index is 0.375. The zero-order valence-corrected chi connectivity index (χ0v) is 13.5. The molecule has 0 saturated heterocycles. The molecule has 0 radical (unpaired) electrons. The molecule has 1 aliphatic rings. The number of likely N-dealkylation sites (N-methyl/N-ethyl adjacent to an activating group) is 1. The molecule has 0 saturated carbocycles. The molecule has 1 heterocycles. The summed E-state index contributed by atoms with van der Waals surface area (Å²) in [7, 11) is 3.88. The summed E-state index contributed by atoms with van der Waals surface area (Å²) >= 11 is 0. The number of rotatable bonds is 4. The van der Waals surface area contributed by atoms with E-state index in [-0.39, 0.29) is 0 Å². The van der Waals surface area contributed by atoms with Crippen LogP contribution in [0.1, 0.15) is 29.5 Å². The zero-order chi connectivity index (χ0) is 15.5. The van der Waals surface area contributed by atoms with Crippen LogP contribution in [0.15, 0.2) is 42.5 Å². The lowest BCUT2D eigenvalue weighted by Crippen LogP contribution is -2.31. The lowest BCUT2D eigenvalue weighted by Gasteiger charge is -2.33. The van der Waals surface area contributed by atoms with Gasteiger partial charge in [-0.2, -0.15) is 0 Å². The predicted molar refractivity (Wildman–Crippen MR) is 88.8 cm³/mol. The third-order valence-corrected chi connectivity index (χ3v) is 4.24. The van der Waals surface area contributed by atoms with Gasteiger partial charge in [-0.15, -0.1) is 0 Å². The molecule has 0 bridgehead atoms. The van der Waals surface area contributed by atoms with Gasteiger partial charge in [0.05, 0.1) is 13.7 Å². The third kappa shape index (κ3) is 2.81. The molecule has 116 valence electrons. The molecule has 0 N–H and O–H groups in total. The number of methoxy groups -OCH3 is 1. The lowest BCUT2D eigenvalue weighted by atomic mass is 9.84. The van der Waals surface area contributed by atoms with Crippen molar-refractivity contribution in [2.24, 2.45) is 0 Å². The van der Waals surface area contributed by atoms with E-state index in [2.05, 4.69) is 54.4 Å². The van der Waals surface area contributed by atoms with E-state index in [4.69, 9.17) is 9.47 Å². The second kappa shape index (κ2) is 6.41. The van der Waals surface area contributed by atoms with Crippen molar-refractivity contribution in [1.29, 1.82) is 0 Å². The van der Waals surface area contributed by atoms with E-state index in [9.17, 15) is 0 Å². The molecule has 0 aliphatic carbocycles. The van der Waals surface area contributed by atoms with E-state index < -0.39 is 0 Å². The molecular formula is C19H23NO2. The molecule has 1 atom stereocenters. The number of ether oxygens (including phenoxy) is 2. The molecule has 0 aromatic heterocycles.